The minimum absolute atomic E-state index is 0.0432. The molecule has 1 saturated heterocycles. The van der Waals surface area contributed by atoms with E-state index in [1.807, 2.05) is 51.4 Å². The van der Waals surface area contributed by atoms with Gasteiger partial charge in [-0.05, 0) is 121 Å². The number of imide groups is 2. The number of carbonyl (C=O) groups is 3. The molecule has 5 aromatic heterocycles. The van der Waals surface area contributed by atoms with Crippen molar-refractivity contribution in [3.8, 4) is 39.0 Å². The number of carbonyl (C=O) groups excluding carboxylic acids is 3. The lowest BCUT2D eigenvalue weighted by atomic mass is 10.0. The van der Waals surface area contributed by atoms with Gasteiger partial charge in [-0.3, -0.25) is 20.2 Å². The molecule has 0 bridgehead atoms. The zero-order valence-corrected chi connectivity index (χ0v) is 45.3. The molecule has 0 aliphatic carbocycles. The van der Waals surface area contributed by atoms with E-state index in [1.165, 1.54) is 210 Å². The average molecular weight is 1000 g/mol. The third-order valence-electron chi connectivity index (χ3n) is 13.1. The molecular weight excluding hydrogens is 921 g/mol. The minimum Gasteiger partial charge on any atom is -0.273 e. The van der Waals surface area contributed by atoms with Crippen LogP contribution in [0.15, 0.2) is 47.4 Å². The Hall–Kier alpha value is -3.15. The van der Waals surface area contributed by atoms with Gasteiger partial charge in [-0.25, -0.2) is 4.79 Å². The standard InChI is InChI=1S/C57H78N2O3S5/c1-5-9-13-17-21-25-29-41-35-36-63-51(41)48-37-43(31-27-23-19-15-11-7-3)53(65-48)50-39-44(32-28-24-20-16-12-8-4)54(67-50)49-38-42(30-26-22-18-14-10-6-2)52(66-49)47-34-33-45(64-47)40-46-55(60)58-57(62)59-56(46)61/h33-40H,5-32H2,1-4H3,(H2,58,59,60,61,62). The van der Waals surface area contributed by atoms with Crippen LogP contribution in [-0.2, 0) is 35.3 Å². The lowest BCUT2D eigenvalue weighted by Crippen LogP contribution is -2.51. The van der Waals surface area contributed by atoms with Crippen LogP contribution in [0.4, 0.5) is 4.79 Å². The molecule has 5 nitrogen and oxygen atoms in total. The van der Waals surface area contributed by atoms with E-state index < -0.39 is 17.8 Å². The van der Waals surface area contributed by atoms with E-state index in [-0.39, 0.29) is 5.57 Å². The number of aryl methyl sites for hydroxylation is 4. The first-order valence-electron chi connectivity index (χ1n) is 26.3. The number of amides is 4. The number of hydrogen-bond acceptors (Lipinski definition) is 8. The fraction of sp³-hybridized carbons (Fsp3) is 0.561. The Morgan fingerprint density at radius 2 is 0.776 bits per heavy atom. The van der Waals surface area contributed by atoms with Crippen LogP contribution in [-0.4, -0.2) is 17.8 Å². The van der Waals surface area contributed by atoms with E-state index in [4.69, 9.17) is 0 Å². The van der Waals surface area contributed by atoms with Crippen LogP contribution in [0.2, 0.25) is 0 Å². The monoisotopic (exact) mass is 998 g/mol. The van der Waals surface area contributed by atoms with Crippen molar-refractivity contribution in [1.82, 2.24) is 10.6 Å². The zero-order valence-electron chi connectivity index (χ0n) is 41.2. The van der Waals surface area contributed by atoms with Gasteiger partial charge in [0, 0.05) is 43.9 Å². The number of nitrogens with one attached hydrogen (secondary N) is 2. The molecule has 67 heavy (non-hydrogen) atoms. The Labute approximate surface area is 423 Å². The van der Waals surface area contributed by atoms with Crippen LogP contribution >= 0.6 is 56.7 Å². The largest absolute Gasteiger partial charge is 0.328 e. The van der Waals surface area contributed by atoms with Gasteiger partial charge in [0.2, 0.25) is 0 Å². The van der Waals surface area contributed by atoms with Crippen molar-refractivity contribution in [3.05, 3.63) is 74.5 Å². The molecule has 1 fully saturated rings. The molecule has 10 heteroatoms. The van der Waals surface area contributed by atoms with Gasteiger partial charge in [0.15, 0.2) is 0 Å². The molecule has 0 unspecified atom stereocenters. The Morgan fingerprint density at radius 1 is 0.403 bits per heavy atom. The molecule has 6 rings (SSSR count). The van der Waals surface area contributed by atoms with Crippen LogP contribution in [0.3, 0.4) is 0 Å². The fourth-order valence-electron chi connectivity index (χ4n) is 9.24. The highest BCUT2D eigenvalue weighted by Crippen LogP contribution is 2.50. The summed E-state index contributed by atoms with van der Waals surface area (Å²) in [6.07, 6.45) is 37.1. The maximum Gasteiger partial charge on any atom is 0.328 e. The van der Waals surface area contributed by atoms with Gasteiger partial charge in [0.25, 0.3) is 11.8 Å². The SMILES string of the molecule is CCCCCCCCc1ccsc1-c1cc(CCCCCCCC)c(-c2cc(CCCCCCCC)c(-c3cc(CCCCCCCC)c(-c4ccc(C=C5C(=O)NC(=O)NC5=O)s4)s3)s2)s1. The van der Waals surface area contributed by atoms with E-state index in [0.29, 0.717) is 0 Å². The van der Waals surface area contributed by atoms with Crippen LogP contribution in [0.1, 0.15) is 209 Å². The molecule has 0 atom stereocenters. The number of unbranched alkanes of at least 4 members (excludes halogenated alkanes) is 20. The molecule has 2 N–H and O–H groups in total. The topological polar surface area (TPSA) is 75.3 Å². The smallest absolute Gasteiger partial charge is 0.273 e. The zero-order chi connectivity index (χ0) is 47.2. The Morgan fingerprint density at radius 3 is 1.21 bits per heavy atom. The third-order valence-corrected chi connectivity index (χ3v) is 19.4. The number of thiophene rings is 5. The maximum absolute atomic E-state index is 12.6. The number of barbiturate groups is 1. The Bertz CT molecular complexity index is 2290. The van der Waals surface area contributed by atoms with E-state index in [0.717, 1.165) is 35.4 Å². The Balaban J connectivity index is 1.35. The van der Waals surface area contributed by atoms with Crippen LogP contribution in [0, 0.1) is 0 Å². The van der Waals surface area contributed by atoms with Crippen molar-refractivity contribution >= 4 is 80.6 Å². The van der Waals surface area contributed by atoms with Gasteiger partial charge in [0.1, 0.15) is 5.57 Å². The first kappa shape index (κ1) is 53.2. The van der Waals surface area contributed by atoms with Gasteiger partial charge >= 0.3 is 6.03 Å². The summed E-state index contributed by atoms with van der Waals surface area (Å²) in [6, 6.07) is 13.4. The van der Waals surface area contributed by atoms with Crippen LogP contribution in [0.5, 0.6) is 0 Å². The Kier molecular flexibility index (Phi) is 23.1. The van der Waals surface area contributed by atoms with E-state index in [2.05, 4.69) is 74.0 Å². The van der Waals surface area contributed by atoms with Gasteiger partial charge in [-0.1, -0.05) is 156 Å². The summed E-state index contributed by atoms with van der Waals surface area (Å²) in [4.78, 5) is 48.9. The van der Waals surface area contributed by atoms with E-state index >= 15 is 0 Å². The number of hydrogen-bond donors (Lipinski definition) is 2. The van der Waals surface area contributed by atoms with Crippen molar-refractivity contribution in [2.45, 2.75) is 207 Å². The van der Waals surface area contributed by atoms with Crippen LogP contribution < -0.4 is 10.6 Å². The summed E-state index contributed by atoms with van der Waals surface area (Å²) in [5.74, 6) is -1.32. The fourth-order valence-corrected chi connectivity index (χ4v) is 15.3. The van der Waals surface area contributed by atoms with Crippen molar-refractivity contribution in [3.63, 3.8) is 0 Å². The van der Waals surface area contributed by atoms with E-state index in [9.17, 15) is 14.4 Å². The molecule has 5 aromatic rings. The van der Waals surface area contributed by atoms with Crippen molar-refractivity contribution in [2.75, 3.05) is 0 Å². The molecule has 0 spiro atoms. The summed E-state index contributed by atoms with van der Waals surface area (Å²) in [5, 5.41) is 6.76. The quantitative estimate of drug-likeness (QED) is 0.0250. The molecule has 4 amide bonds. The molecule has 0 aromatic carbocycles. The van der Waals surface area contributed by atoms with Crippen molar-refractivity contribution in [2.24, 2.45) is 0 Å². The molecular formula is C57H78N2O3S5. The summed E-state index contributed by atoms with van der Waals surface area (Å²) >= 11 is 9.54. The van der Waals surface area contributed by atoms with E-state index in [1.54, 1.807) is 17.4 Å². The molecule has 1 aliphatic heterocycles. The normalized spacial score (nSPS) is 13.0. The van der Waals surface area contributed by atoms with Gasteiger partial charge < -0.3 is 0 Å². The molecule has 0 saturated carbocycles. The predicted octanol–water partition coefficient (Wildman–Crippen LogP) is 19.0. The minimum atomic E-state index is -0.777. The molecule has 1 aliphatic rings. The second-order valence-corrected chi connectivity index (χ2v) is 23.9. The highest BCUT2D eigenvalue weighted by molar-refractivity contribution is 7.30. The van der Waals surface area contributed by atoms with Crippen LogP contribution in [0.25, 0.3) is 45.1 Å². The predicted molar refractivity (Wildman–Crippen MR) is 296 cm³/mol. The highest BCUT2D eigenvalue weighted by Gasteiger charge is 2.28. The summed E-state index contributed by atoms with van der Waals surface area (Å²) in [5.41, 5.74) is 5.92. The number of urea groups is 1. The third kappa shape index (κ3) is 16.2. The second-order valence-electron chi connectivity index (χ2n) is 18.7. The van der Waals surface area contributed by atoms with Crippen molar-refractivity contribution < 1.29 is 14.4 Å². The molecule has 6 heterocycles. The lowest BCUT2D eigenvalue weighted by Gasteiger charge is -2.13. The summed E-state index contributed by atoms with van der Waals surface area (Å²) < 4.78 is 0. The first-order chi connectivity index (χ1) is 32.8. The maximum atomic E-state index is 12.6. The highest BCUT2D eigenvalue weighted by atomic mass is 32.1. The summed E-state index contributed by atoms with van der Waals surface area (Å²) in [6.45, 7) is 9.18. The first-order valence-corrected chi connectivity index (χ1v) is 30.4. The average Bonchev–Trinajstić information content (AvgIpc) is 4.18. The lowest BCUT2D eigenvalue weighted by molar-refractivity contribution is -0.123. The van der Waals surface area contributed by atoms with Gasteiger partial charge in [-0.2, -0.15) is 0 Å². The molecule has 364 valence electrons. The number of rotatable bonds is 33. The second kappa shape index (κ2) is 29.1. The van der Waals surface area contributed by atoms with Crippen molar-refractivity contribution in [1.29, 1.82) is 0 Å². The molecule has 0 radical (unpaired) electrons. The van der Waals surface area contributed by atoms with Gasteiger partial charge in [0.05, 0.1) is 0 Å². The summed E-state index contributed by atoms with van der Waals surface area (Å²) in [7, 11) is 0. The van der Waals surface area contributed by atoms with Gasteiger partial charge in [-0.15, -0.1) is 56.7 Å².